The first kappa shape index (κ1) is 15.0. The zero-order valence-electron chi connectivity index (χ0n) is 5.15. The summed E-state index contributed by atoms with van der Waals surface area (Å²) in [5.41, 5.74) is 0. The number of benzene rings is 1. The summed E-state index contributed by atoms with van der Waals surface area (Å²) in [6.07, 6.45) is -1.29. The second-order valence-corrected chi connectivity index (χ2v) is 1.68. The summed E-state index contributed by atoms with van der Waals surface area (Å²) in [7, 11) is 0. The molecule has 0 spiro atoms. The van der Waals surface area contributed by atoms with E-state index in [0.29, 0.717) is 5.75 Å². The van der Waals surface area contributed by atoms with Gasteiger partial charge in [-0.25, -0.2) is 4.79 Å². The topological polar surface area (TPSA) is 46.5 Å². The van der Waals surface area contributed by atoms with Gasteiger partial charge in [0.15, 0.2) is 0 Å². The first-order chi connectivity index (χ1) is 4.79. The molecule has 0 fully saturated rings. The van der Waals surface area contributed by atoms with Crippen LogP contribution in [-0.2, 0) is 0 Å². The fourth-order valence-electron chi connectivity index (χ4n) is 0.589. The van der Waals surface area contributed by atoms with E-state index < -0.39 is 6.16 Å². The van der Waals surface area contributed by atoms with E-state index in [1.807, 2.05) is 0 Å². The number of hydrogen-bond donors (Lipinski definition) is 1. The summed E-state index contributed by atoms with van der Waals surface area (Å²) >= 11 is 0. The summed E-state index contributed by atoms with van der Waals surface area (Å²) < 4.78 is 4.33. The zero-order valence-corrected chi connectivity index (χ0v) is 5.15. The Kier molecular flexibility index (Phi) is 10.1. The molecule has 3 nitrogen and oxygen atoms in total. The van der Waals surface area contributed by atoms with Crippen molar-refractivity contribution in [2.24, 2.45) is 0 Å². The average Bonchev–Trinajstić information content (AvgIpc) is 1.88. The molecule has 0 saturated carbocycles. The molecule has 0 aliphatic carbocycles. The molecule has 1 rings (SSSR count). The summed E-state index contributed by atoms with van der Waals surface area (Å²) in [4.78, 5) is 9.95. The van der Waals surface area contributed by atoms with Crippen LogP contribution in [0.3, 0.4) is 0 Å². The second kappa shape index (κ2) is 8.10. The third kappa shape index (κ3) is 6.06. The Morgan fingerprint density at radius 3 is 2.08 bits per heavy atom. The van der Waals surface area contributed by atoms with Crippen LogP contribution >= 0.6 is 0 Å². The molecule has 0 aromatic heterocycles. The third-order valence-electron chi connectivity index (χ3n) is 0.948. The Balaban J connectivity index is 0. The molecule has 12 heavy (non-hydrogen) atoms. The predicted octanol–water partition coefficient (Wildman–Crippen LogP) is 0.446. The van der Waals surface area contributed by atoms with Crippen LogP contribution in [0.25, 0.3) is 0 Å². The maximum absolute atomic E-state index is 9.95. The molecule has 1 aromatic rings. The molecule has 0 heterocycles. The van der Waals surface area contributed by atoms with Crippen LogP contribution in [0.2, 0.25) is 0 Å². The number of carboxylic acid groups (broad SMARTS) is 1. The van der Waals surface area contributed by atoms with Crippen molar-refractivity contribution in [3.05, 3.63) is 30.3 Å². The molecule has 0 unspecified atom stereocenters. The van der Waals surface area contributed by atoms with Gasteiger partial charge in [0.1, 0.15) is 5.75 Å². The minimum atomic E-state index is -1.29. The number of para-hydroxylation sites is 1. The molecule has 0 atom stereocenters. The molecule has 0 aliphatic rings. The number of carbonyl (C=O) groups is 1. The summed E-state index contributed by atoms with van der Waals surface area (Å²) in [6, 6.07) is 8.35. The summed E-state index contributed by atoms with van der Waals surface area (Å²) in [6.45, 7) is 0. The van der Waals surface area contributed by atoms with Gasteiger partial charge in [0.2, 0.25) is 0 Å². The van der Waals surface area contributed by atoms with Crippen molar-refractivity contribution in [2.45, 2.75) is 0 Å². The molecule has 0 bridgehead atoms. The van der Waals surface area contributed by atoms with Crippen molar-refractivity contribution in [1.82, 2.24) is 0 Å². The average molecular weight is 186 g/mol. The van der Waals surface area contributed by atoms with Crippen molar-refractivity contribution in [1.29, 1.82) is 0 Å². The van der Waals surface area contributed by atoms with Crippen LogP contribution in [0.1, 0.15) is 0 Å². The Bertz CT molecular complexity index is 225. The number of ether oxygens (including phenoxy) is 1. The standard InChI is InChI=1S/C7H6O3.2Na.2H/c8-7(9)10-6-4-2-1-3-5-6;;;;/h1-5H,(H,8,9);;;;. The second-order valence-electron chi connectivity index (χ2n) is 1.68. The number of rotatable bonds is 1. The molecule has 0 aliphatic heterocycles. The predicted molar refractivity (Wildman–Crippen MR) is 49.4 cm³/mol. The first-order valence-electron chi connectivity index (χ1n) is 2.75. The van der Waals surface area contributed by atoms with Gasteiger partial charge in [-0.05, 0) is 12.1 Å². The van der Waals surface area contributed by atoms with E-state index in [2.05, 4.69) is 4.74 Å². The molecular formula is C7H8Na2O3. The molecule has 1 N–H and O–H groups in total. The minimum absolute atomic E-state index is 0. The summed E-state index contributed by atoms with van der Waals surface area (Å²) in [5.74, 6) is 0.343. The molecule has 0 radical (unpaired) electrons. The van der Waals surface area contributed by atoms with Gasteiger partial charge in [-0.15, -0.1) is 0 Å². The van der Waals surface area contributed by atoms with E-state index in [0.717, 1.165) is 0 Å². The molecular weight excluding hydrogens is 178 g/mol. The zero-order chi connectivity index (χ0) is 7.40. The van der Waals surface area contributed by atoms with Gasteiger partial charge in [-0.1, -0.05) is 18.2 Å². The molecule has 0 amide bonds. The van der Waals surface area contributed by atoms with Gasteiger partial charge in [0.25, 0.3) is 0 Å². The van der Waals surface area contributed by atoms with E-state index in [9.17, 15) is 4.79 Å². The van der Waals surface area contributed by atoms with E-state index in [-0.39, 0.29) is 59.1 Å². The van der Waals surface area contributed by atoms with Crippen LogP contribution in [0.5, 0.6) is 5.75 Å². The molecule has 0 saturated heterocycles. The molecule has 5 heteroatoms. The van der Waals surface area contributed by atoms with Gasteiger partial charge >= 0.3 is 65.3 Å². The van der Waals surface area contributed by atoms with E-state index >= 15 is 0 Å². The quantitative estimate of drug-likeness (QED) is 0.393. The van der Waals surface area contributed by atoms with Crippen LogP contribution in [0.15, 0.2) is 30.3 Å². The first-order valence-corrected chi connectivity index (χ1v) is 2.75. The summed E-state index contributed by atoms with van der Waals surface area (Å²) in [5, 5.41) is 8.14. The van der Waals surface area contributed by atoms with Crippen molar-refractivity contribution >= 4 is 65.3 Å². The van der Waals surface area contributed by atoms with Crippen LogP contribution in [0, 0.1) is 0 Å². The van der Waals surface area contributed by atoms with Crippen molar-refractivity contribution in [3.8, 4) is 5.75 Å². The Morgan fingerprint density at radius 1 is 1.17 bits per heavy atom. The Labute approximate surface area is 115 Å². The Morgan fingerprint density at radius 2 is 1.67 bits per heavy atom. The maximum atomic E-state index is 9.95. The normalized spacial score (nSPS) is 7.33. The fraction of sp³-hybridized carbons (Fsp3) is 0. The molecule has 1 aromatic carbocycles. The van der Waals surface area contributed by atoms with Gasteiger partial charge in [0.05, 0.1) is 0 Å². The third-order valence-corrected chi connectivity index (χ3v) is 0.948. The van der Waals surface area contributed by atoms with Gasteiger partial charge < -0.3 is 9.84 Å². The van der Waals surface area contributed by atoms with E-state index in [1.54, 1.807) is 30.3 Å². The fourth-order valence-corrected chi connectivity index (χ4v) is 0.589. The molecule has 56 valence electrons. The van der Waals surface area contributed by atoms with Crippen molar-refractivity contribution in [2.75, 3.05) is 0 Å². The SMILES string of the molecule is O=C(O)Oc1ccccc1.[NaH].[NaH]. The van der Waals surface area contributed by atoms with E-state index in [1.165, 1.54) is 0 Å². The van der Waals surface area contributed by atoms with E-state index in [4.69, 9.17) is 5.11 Å². The van der Waals surface area contributed by atoms with Crippen LogP contribution < -0.4 is 4.74 Å². The van der Waals surface area contributed by atoms with Gasteiger partial charge in [0, 0.05) is 0 Å². The van der Waals surface area contributed by atoms with Crippen LogP contribution in [0.4, 0.5) is 4.79 Å². The monoisotopic (exact) mass is 186 g/mol. The van der Waals surface area contributed by atoms with Crippen LogP contribution in [-0.4, -0.2) is 70.4 Å². The Hall–Kier alpha value is 0.490. The van der Waals surface area contributed by atoms with Crippen molar-refractivity contribution in [3.63, 3.8) is 0 Å². The van der Waals surface area contributed by atoms with Gasteiger partial charge in [-0.3, -0.25) is 0 Å². The van der Waals surface area contributed by atoms with Gasteiger partial charge in [-0.2, -0.15) is 0 Å². The number of hydrogen-bond acceptors (Lipinski definition) is 2. The van der Waals surface area contributed by atoms with Crippen molar-refractivity contribution < 1.29 is 14.6 Å².